The first-order chi connectivity index (χ1) is 13.3. The van der Waals surface area contributed by atoms with E-state index in [2.05, 4.69) is 10.6 Å². The molecule has 2 aliphatic heterocycles. The molecular formula is C21H29N3O4. The Morgan fingerprint density at radius 2 is 1.68 bits per heavy atom. The molecule has 0 unspecified atom stereocenters. The Morgan fingerprint density at radius 1 is 1.04 bits per heavy atom. The van der Waals surface area contributed by atoms with Crippen LogP contribution in [0.15, 0.2) is 24.3 Å². The van der Waals surface area contributed by atoms with E-state index >= 15 is 0 Å². The van der Waals surface area contributed by atoms with Crippen LogP contribution >= 0.6 is 0 Å². The van der Waals surface area contributed by atoms with Crippen LogP contribution in [0.1, 0.15) is 58.1 Å². The van der Waals surface area contributed by atoms with Crippen LogP contribution in [0.5, 0.6) is 0 Å². The van der Waals surface area contributed by atoms with Crippen molar-refractivity contribution in [1.29, 1.82) is 0 Å². The molecule has 0 aromatic heterocycles. The van der Waals surface area contributed by atoms with Crippen molar-refractivity contribution >= 4 is 23.4 Å². The minimum Gasteiger partial charge on any atom is -0.367 e. The lowest BCUT2D eigenvalue weighted by atomic mass is 9.79. The van der Waals surface area contributed by atoms with Crippen LogP contribution < -0.4 is 10.6 Å². The van der Waals surface area contributed by atoms with E-state index in [0.717, 1.165) is 30.5 Å². The highest BCUT2D eigenvalue weighted by molar-refractivity contribution is 5.88. The van der Waals surface area contributed by atoms with Gasteiger partial charge in [0, 0.05) is 45.6 Å². The number of amides is 3. The van der Waals surface area contributed by atoms with E-state index in [9.17, 15) is 14.4 Å². The molecule has 28 heavy (non-hydrogen) atoms. The van der Waals surface area contributed by atoms with Crippen molar-refractivity contribution in [2.24, 2.45) is 0 Å². The molecule has 2 heterocycles. The van der Waals surface area contributed by atoms with E-state index in [1.807, 2.05) is 29.2 Å². The molecule has 0 radical (unpaired) electrons. The van der Waals surface area contributed by atoms with Gasteiger partial charge < -0.3 is 20.3 Å². The predicted molar refractivity (Wildman–Crippen MR) is 106 cm³/mol. The maximum absolute atomic E-state index is 11.7. The van der Waals surface area contributed by atoms with Crippen molar-refractivity contribution in [1.82, 2.24) is 10.2 Å². The van der Waals surface area contributed by atoms with Gasteiger partial charge in [0.1, 0.15) is 0 Å². The molecule has 2 atom stereocenters. The Kier molecular flexibility index (Phi) is 6.03. The summed E-state index contributed by atoms with van der Waals surface area (Å²) < 4.78 is 6.59. The zero-order valence-corrected chi connectivity index (χ0v) is 16.8. The molecule has 1 spiro atoms. The summed E-state index contributed by atoms with van der Waals surface area (Å²) in [5.74, 6) is -0.0549. The lowest BCUT2D eigenvalue weighted by molar-refractivity contribution is -0.168. The number of anilines is 1. The molecular weight excluding hydrogens is 358 g/mol. The normalized spacial score (nSPS) is 23.9. The maximum Gasteiger partial charge on any atom is 0.221 e. The van der Waals surface area contributed by atoms with Crippen molar-refractivity contribution in [3.8, 4) is 0 Å². The first-order valence-electron chi connectivity index (χ1n) is 9.84. The molecule has 0 bridgehead atoms. The average Bonchev–Trinajstić information content (AvgIpc) is 2.61. The van der Waals surface area contributed by atoms with Crippen LogP contribution in [0.4, 0.5) is 5.69 Å². The third kappa shape index (κ3) is 4.90. The van der Waals surface area contributed by atoms with E-state index in [-0.39, 0.29) is 35.5 Å². The predicted octanol–water partition coefficient (Wildman–Crippen LogP) is 2.38. The summed E-state index contributed by atoms with van der Waals surface area (Å²) in [6.45, 7) is 5.97. The molecule has 7 heteroatoms. The summed E-state index contributed by atoms with van der Waals surface area (Å²) in [5.41, 5.74) is 1.44. The van der Waals surface area contributed by atoms with Gasteiger partial charge in [0.2, 0.25) is 17.7 Å². The SMILES string of the molecule is CC(=O)Nc1ccc([C@H]2C[C@@H](NC(C)=O)CC3(CCN(C(C)=O)CC3)O2)cc1. The molecule has 1 aromatic carbocycles. The molecule has 2 aliphatic rings. The third-order valence-corrected chi connectivity index (χ3v) is 5.64. The second-order valence-corrected chi connectivity index (χ2v) is 7.94. The van der Waals surface area contributed by atoms with E-state index in [1.54, 1.807) is 6.92 Å². The number of likely N-dealkylation sites (tertiary alicyclic amines) is 1. The van der Waals surface area contributed by atoms with E-state index < -0.39 is 0 Å². The molecule has 0 aliphatic carbocycles. The minimum atomic E-state index is -0.335. The fraction of sp³-hybridized carbons (Fsp3) is 0.571. The summed E-state index contributed by atoms with van der Waals surface area (Å²) in [5, 5.41) is 5.84. The lowest BCUT2D eigenvalue weighted by Gasteiger charge is -2.49. The van der Waals surface area contributed by atoms with Gasteiger partial charge in [-0.3, -0.25) is 14.4 Å². The number of nitrogens with zero attached hydrogens (tertiary/aromatic N) is 1. The van der Waals surface area contributed by atoms with Gasteiger partial charge in [0.25, 0.3) is 0 Å². The summed E-state index contributed by atoms with van der Waals surface area (Å²) in [6, 6.07) is 7.70. The van der Waals surface area contributed by atoms with Crippen LogP contribution in [-0.2, 0) is 19.1 Å². The van der Waals surface area contributed by atoms with Crippen molar-refractivity contribution in [3.05, 3.63) is 29.8 Å². The maximum atomic E-state index is 11.7. The first-order valence-corrected chi connectivity index (χ1v) is 9.84. The number of nitrogens with one attached hydrogen (secondary N) is 2. The second-order valence-electron chi connectivity index (χ2n) is 7.94. The fourth-order valence-electron chi connectivity index (χ4n) is 4.33. The molecule has 3 amide bonds. The summed E-state index contributed by atoms with van der Waals surface area (Å²) in [6.07, 6.45) is 2.86. The number of carbonyl (C=O) groups excluding carboxylic acids is 3. The van der Waals surface area contributed by atoms with Crippen LogP contribution in [-0.4, -0.2) is 47.4 Å². The Labute approximate surface area is 165 Å². The summed E-state index contributed by atoms with van der Waals surface area (Å²) >= 11 is 0. The van der Waals surface area contributed by atoms with Crippen LogP contribution in [0, 0.1) is 0 Å². The molecule has 7 nitrogen and oxygen atoms in total. The van der Waals surface area contributed by atoms with E-state index in [1.165, 1.54) is 13.8 Å². The quantitative estimate of drug-likeness (QED) is 0.834. The second kappa shape index (κ2) is 8.31. The van der Waals surface area contributed by atoms with E-state index in [0.29, 0.717) is 19.5 Å². The number of carbonyl (C=O) groups is 3. The number of piperidine rings is 1. The molecule has 3 rings (SSSR count). The monoisotopic (exact) mass is 387 g/mol. The van der Waals surface area contributed by atoms with E-state index in [4.69, 9.17) is 4.74 Å². The van der Waals surface area contributed by atoms with Crippen molar-refractivity contribution < 1.29 is 19.1 Å². The van der Waals surface area contributed by atoms with Gasteiger partial charge in [0.15, 0.2) is 0 Å². The number of hydrogen-bond acceptors (Lipinski definition) is 4. The molecule has 1 aromatic rings. The standard InChI is InChI=1S/C21H29N3O4/c1-14(25)22-18-6-4-17(5-7-18)20-12-19(23-15(2)26)13-21(28-20)8-10-24(11-9-21)16(3)27/h4-7,19-20H,8-13H2,1-3H3,(H,22,25)(H,23,26)/t19-,20-/m1/s1. The largest absolute Gasteiger partial charge is 0.367 e. The van der Waals surface area contributed by atoms with Gasteiger partial charge in [-0.1, -0.05) is 12.1 Å². The number of hydrogen-bond donors (Lipinski definition) is 2. The van der Waals surface area contributed by atoms with Gasteiger partial charge in [-0.05, 0) is 43.4 Å². The van der Waals surface area contributed by atoms with Gasteiger partial charge in [0.05, 0.1) is 11.7 Å². The topological polar surface area (TPSA) is 87.7 Å². The van der Waals surface area contributed by atoms with Gasteiger partial charge in [-0.25, -0.2) is 0 Å². The lowest BCUT2D eigenvalue weighted by Crippen LogP contribution is -2.54. The number of benzene rings is 1. The zero-order valence-electron chi connectivity index (χ0n) is 16.8. The molecule has 2 fully saturated rings. The Morgan fingerprint density at radius 3 is 2.21 bits per heavy atom. The summed E-state index contributed by atoms with van der Waals surface area (Å²) in [7, 11) is 0. The number of ether oxygens (including phenoxy) is 1. The van der Waals surface area contributed by atoms with Crippen molar-refractivity contribution in [2.45, 2.75) is 64.2 Å². The van der Waals surface area contributed by atoms with Gasteiger partial charge in [-0.2, -0.15) is 0 Å². The highest BCUT2D eigenvalue weighted by Gasteiger charge is 2.44. The summed E-state index contributed by atoms with van der Waals surface area (Å²) in [4.78, 5) is 36.4. The average molecular weight is 387 g/mol. The molecule has 152 valence electrons. The minimum absolute atomic E-state index is 0.0372. The highest BCUT2D eigenvalue weighted by Crippen LogP contribution is 2.43. The van der Waals surface area contributed by atoms with Crippen LogP contribution in [0.25, 0.3) is 0 Å². The Hall–Kier alpha value is -2.41. The number of rotatable bonds is 3. The third-order valence-electron chi connectivity index (χ3n) is 5.64. The molecule has 2 N–H and O–H groups in total. The van der Waals surface area contributed by atoms with Crippen LogP contribution in [0.2, 0.25) is 0 Å². The first kappa shape index (κ1) is 20.3. The van der Waals surface area contributed by atoms with Crippen molar-refractivity contribution in [2.75, 3.05) is 18.4 Å². The molecule has 0 saturated carbocycles. The molecule has 2 saturated heterocycles. The smallest absolute Gasteiger partial charge is 0.221 e. The zero-order chi connectivity index (χ0) is 20.3. The van der Waals surface area contributed by atoms with Crippen molar-refractivity contribution in [3.63, 3.8) is 0 Å². The highest BCUT2D eigenvalue weighted by atomic mass is 16.5. The Balaban J connectivity index is 1.77. The van der Waals surface area contributed by atoms with Gasteiger partial charge >= 0.3 is 0 Å². The Bertz CT molecular complexity index is 739. The van der Waals surface area contributed by atoms with Crippen LogP contribution in [0.3, 0.4) is 0 Å². The van der Waals surface area contributed by atoms with Gasteiger partial charge in [-0.15, -0.1) is 0 Å². The fourth-order valence-corrected chi connectivity index (χ4v) is 4.33.